The number of hydrogen-bond donors (Lipinski definition) is 2. The molecule has 0 bridgehead atoms. The molecule has 2 N–H and O–H groups in total. The van der Waals surface area contributed by atoms with Crippen molar-refractivity contribution in [2.45, 2.75) is 25.4 Å². The summed E-state index contributed by atoms with van der Waals surface area (Å²) >= 11 is 0. The number of likely N-dealkylation sites (N-methyl/N-ethyl adjacent to an activating group) is 1. The van der Waals surface area contributed by atoms with Crippen molar-refractivity contribution in [2.24, 2.45) is 0 Å². The Bertz CT molecular complexity index is 270. The number of rotatable bonds is 4. The van der Waals surface area contributed by atoms with Crippen LogP contribution in [0.25, 0.3) is 0 Å². The molecule has 1 rings (SSSR count). The topological polar surface area (TPSA) is 78.9 Å². The molecule has 1 amide bonds. The van der Waals surface area contributed by atoms with E-state index >= 15 is 0 Å². The maximum atomic E-state index is 11.5. The highest BCUT2D eigenvalue weighted by Gasteiger charge is 2.31. The van der Waals surface area contributed by atoms with Crippen molar-refractivity contribution in [1.29, 1.82) is 0 Å². The highest BCUT2D eigenvalue weighted by molar-refractivity contribution is 5.81. The Morgan fingerprint density at radius 2 is 2.31 bits per heavy atom. The Labute approximate surface area is 94.6 Å². The van der Waals surface area contributed by atoms with Crippen LogP contribution in [0.4, 0.5) is 0 Å². The number of amides is 1. The molecule has 0 aromatic carbocycles. The van der Waals surface area contributed by atoms with Crippen molar-refractivity contribution in [3.8, 4) is 0 Å². The molecular weight excluding hydrogens is 212 g/mol. The second-order valence-corrected chi connectivity index (χ2v) is 3.85. The fourth-order valence-electron chi connectivity index (χ4n) is 1.91. The SMILES string of the molecule is CNC(=O)C(C)N1CCOCC1CC(=O)O. The first-order chi connectivity index (χ1) is 7.56. The van der Waals surface area contributed by atoms with Crippen molar-refractivity contribution >= 4 is 11.9 Å². The molecule has 2 atom stereocenters. The minimum atomic E-state index is -0.871. The van der Waals surface area contributed by atoms with E-state index < -0.39 is 5.97 Å². The van der Waals surface area contributed by atoms with E-state index in [1.54, 1.807) is 14.0 Å². The Hall–Kier alpha value is -1.14. The summed E-state index contributed by atoms with van der Waals surface area (Å²) < 4.78 is 5.24. The Kier molecular flexibility index (Phi) is 4.70. The molecule has 2 unspecified atom stereocenters. The van der Waals surface area contributed by atoms with Gasteiger partial charge >= 0.3 is 5.97 Å². The van der Waals surface area contributed by atoms with E-state index in [9.17, 15) is 9.59 Å². The van der Waals surface area contributed by atoms with Crippen molar-refractivity contribution < 1.29 is 19.4 Å². The van der Waals surface area contributed by atoms with E-state index in [-0.39, 0.29) is 24.4 Å². The van der Waals surface area contributed by atoms with Crippen LogP contribution in [0, 0.1) is 0 Å². The number of carbonyl (C=O) groups excluding carboxylic acids is 1. The van der Waals surface area contributed by atoms with Gasteiger partial charge in [-0.3, -0.25) is 14.5 Å². The van der Waals surface area contributed by atoms with E-state index in [1.807, 2.05) is 4.90 Å². The number of ether oxygens (including phenoxy) is 1. The molecule has 1 saturated heterocycles. The minimum Gasteiger partial charge on any atom is -0.481 e. The van der Waals surface area contributed by atoms with E-state index in [1.165, 1.54) is 0 Å². The van der Waals surface area contributed by atoms with Crippen LogP contribution < -0.4 is 5.32 Å². The molecule has 1 fully saturated rings. The third-order valence-corrected chi connectivity index (χ3v) is 2.81. The Morgan fingerprint density at radius 1 is 1.62 bits per heavy atom. The van der Waals surface area contributed by atoms with Crippen LogP contribution in [0.3, 0.4) is 0 Å². The first-order valence-corrected chi connectivity index (χ1v) is 5.33. The summed E-state index contributed by atoms with van der Waals surface area (Å²) in [6.07, 6.45) is 0.00132. The summed E-state index contributed by atoms with van der Waals surface area (Å²) in [5, 5.41) is 11.3. The molecule has 0 radical (unpaired) electrons. The molecule has 0 spiro atoms. The van der Waals surface area contributed by atoms with Crippen LogP contribution in [0.5, 0.6) is 0 Å². The smallest absolute Gasteiger partial charge is 0.305 e. The third-order valence-electron chi connectivity index (χ3n) is 2.81. The van der Waals surface area contributed by atoms with Crippen LogP contribution in [-0.2, 0) is 14.3 Å². The number of carbonyl (C=O) groups is 2. The highest BCUT2D eigenvalue weighted by Crippen LogP contribution is 2.14. The molecule has 1 aliphatic rings. The predicted molar refractivity (Wildman–Crippen MR) is 57.1 cm³/mol. The van der Waals surface area contributed by atoms with Crippen LogP contribution in [0.2, 0.25) is 0 Å². The lowest BCUT2D eigenvalue weighted by molar-refractivity contribution is -0.143. The zero-order valence-corrected chi connectivity index (χ0v) is 9.60. The lowest BCUT2D eigenvalue weighted by Crippen LogP contribution is -2.55. The fourth-order valence-corrected chi connectivity index (χ4v) is 1.91. The zero-order chi connectivity index (χ0) is 12.1. The Balaban J connectivity index is 2.65. The molecular formula is C10H18N2O4. The van der Waals surface area contributed by atoms with E-state index in [0.29, 0.717) is 19.8 Å². The molecule has 1 heterocycles. The molecule has 92 valence electrons. The van der Waals surface area contributed by atoms with Gasteiger partial charge in [-0.25, -0.2) is 0 Å². The molecule has 0 aromatic rings. The first-order valence-electron chi connectivity index (χ1n) is 5.33. The number of morpholine rings is 1. The van der Waals surface area contributed by atoms with Gasteiger partial charge in [-0.1, -0.05) is 0 Å². The molecule has 0 aliphatic carbocycles. The quantitative estimate of drug-likeness (QED) is 0.667. The standard InChI is InChI=1S/C10H18N2O4/c1-7(10(15)11-2)12-3-4-16-6-8(12)5-9(13)14/h7-8H,3-6H2,1-2H3,(H,11,15)(H,13,14). The van der Waals surface area contributed by atoms with Crippen LogP contribution in [0.15, 0.2) is 0 Å². The molecule has 6 nitrogen and oxygen atoms in total. The maximum Gasteiger partial charge on any atom is 0.305 e. The van der Waals surface area contributed by atoms with Crippen LogP contribution >= 0.6 is 0 Å². The van der Waals surface area contributed by atoms with Gasteiger partial charge in [0, 0.05) is 19.6 Å². The fraction of sp³-hybridized carbons (Fsp3) is 0.800. The number of carboxylic acids is 1. The van der Waals surface area contributed by atoms with Gasteiger partial charge in [0.05, 0.1) is 25.7 Å². The van der Waals surface area contributed by atoms with Gasteiger partial charge in [-0.15, -0.1) is 0 Å². The number of hydrogen-bond acceptors (Lipinski definition) is 4. The molecule has 16 heavy (non-hydrogen) atoms. The highest BCUT2D eigenvalue weighted by atomic mass is 16.5. The zero-order valence-electron chi connectivity index (χ0n) is 9.60. The van der Waals surface area contributed by atoms with Crippen molar-refractivity contribution in [3.05, 3.63) is 0 Å². The summed E-state index contributed by atoms with van der Waals surface area (Å²) in [6, 6.07) is -0.545. The summed E-state index contributed by atoms with van der Waals surface area (Å²) in [6.45, 7) is 3.27. The Morgan fingerprint density at radius 3 is 2.88 bits per heavy atom. The summed E-state index contributed by atoms with van der Waals surface area (Å²) in [5.74, 6) is -0.970. The van der Waals surface area contributed by atoms with Gasteiger partial charge < -0.3 is 15.2 Å². The van der Waals surface area contributed by atoms with Crippen LogP contribution in [0.1, 0.15) is 13.3 Å². The molecule has 6 heteroatoms. The third kappa shape index (κ3) is 3.18. The largest absolute Gasteiger partial charge is 0.481 e. The van der Waals surface area contributed by atoms with Gasteiger partial charge in [0.1, 0.15) is 0 Å². The van der Waals surface area contributed by atoms with E-state index in [4.69, 9.17) is 9.84 Å². The minimum absolute atomic E-state index is 0.00132. The summed E-state index contributed by atoms with van der Waals surface area (Å²) in [5.41, 5.74) is 0. The maximum absolute atomic E-state index is 11.5. The lowest BCUT2D eigenvalue weighted by Gasteiger charge is -2.38. The summed E-state index contributed by atoms with van der Waals surface area (Å²) in [7, 11) is 1.57. The van der Waals surface area contributed by atoms with Gasteiger partial charge in [0.25, 0.3) is 0 Å². The molecule has 0 aromatic heterocycles. The number of nitrogens with one attached hydrogen (secondary N) is 1. The molecule has 0 saturated carbocycles. The predicted octanol–water partition coefficient (Wildman–Crippen LogP) is -0.704. The van der Waals surface area contributed by atoms with E-state index in [0.717, 1.165) is 0 Å². The van der Waals surface area contributed by atoms with Crippen molar-refractivity contribution in [1.82, 2.24) is 10.2 Å². The van der Waals surface area contributed by atoms with Gasteiger partial charge in [-0.05, 0) is 6.92 Å². The second kappa shape index (κ2) is 5.81. The molecule has 1 aliphatic heterocycles. The number of carboxylic acid groups (broad SMARTS) is 1. The number of aliphatic carboxylic acids is 1. The van der Waals surface area contributed by atoms with Gasteiger partial charge in [-0.2, -0.15) is 0 Å². The number of nitrogens with zero attached hydrogens (tertiary/aromatic N) is 1. The van der Waals surface area contributed by atoms with E-state index in [2.05, 4.69) is 5.32 Å². The normalized spacial score (nSPS) is 23.8. The monoisotopic (exact) mass is 230 g/mol. The average Bonchev–Trinajstić information content (AvgIpc) is 2.27. The first kappa shape index (κ1) is 12.9. The summed E-state index contributed by atoms with van der Waals surface area (Å²) in [4.78, 5) is 24.1. The van der Waals surface area contributed by atoms with Crippen molar-refractivity contribution in [3.63, 3.8) is 0 Å². The lowest BCUT2D eigenvalue weighted by atomic mass is 10.1. The van der Waals surface area contributed by atoms with Crippen LogP contribution in [-0.4, -0.2) is 60.8 Å². The average molecular weight is 230 g/mol. The van der Waals surface area contributed by atoms with Gasteiger partial charge in [0.15, 0.2) is 0 Å². The van der Waals surface area contributed by atoms with Gasteiger partial charge in [0.2, 0.25) is 5.91 Å². The van der Waals surface area contributed by atoms with Crippen molar-refractivity contribution in [2.75, 3.05) is 26.8 Å². The second-order valence-electron chi connectivity index (χ2n) is 3.85.